The van der Waals surface area contributed by atoms with Crippen molar-refractivity contribution in [2.24, 2.45) is 0 Å². The van der Waals surface area contributed by atoms with Gasteiger partial charge in [-0.3, -0.25) is 14.9 Å². The number of hydrogen-bond acceptors (Lipinski definition) is 3. The summed E-state index contributed by atoms with van der Waals surface area (Å²) < 4.78 is 0. The van der Waals surface area contributed by atoms with E-state index in [0.717, 1.165) is 5.56 Å². The second-order valence-corrected chi connectivity index (χ2v) is 3.36. The van der Waals surface area contributed by atoms with Gasteiger partial charge in [0.15, 0.2) is 0 Å². The number of nitrogens with one attached hydrogen (secondary N) is 1. The Bertz CT molecular complexity index is 364. The zero-order valence-electron chi connectivity index (χ0n) is 8.59. The normalized spacial score (nSPS) is 12.0. The lowest BCUT2D eigenvalue weighted by Crippen LogP contribution is -2.38. The second kappa shape index (κ2) is 5.87. The number of aliphatic carboxylic acids is 2. The summed E-state index contributed by atoms with van der Waals surface area (Å²) in [6.45, 7) is 0.338. The average Bonchev–Trinajstić information content (AvgIpc) is 2.25. The molecule has 0 radical (unpaired) electrons. The van der Waals surface area contributed by atoms with Crippen molar-refractivity contribution in [2.75, 3.05) is 0 Å². The van der Waals surface area contributed by atoms with Crippen LogP contribution < -0.4 is 5.32 Å². The highest BCUT2D eigenvalue weighted by Gasteiger charge is 2.19. The summed E-state index contributed by atoms with van der Waals surface area (Å²) in [6, 6.07) is 8.15. The molecule has 1 aromatic carbocycles. The van der Waals surface area contributed by atoms with Crippen LogP contribution in [0.15, 0.2) is 30.3 Å². The summed E-state index contributed by atoms with van der Waals surface area (Å²) in [4.78, 5) is 21.2. The Balaban J connectivity index is 2.50. The van der Waals surface area contributed by atoms with E-state index in [1.165, 1.54) is 0 Å². The first-order valence-corrected chi connectivity index (χ1v) is 4.81. The van der Waals surface area contributed by atoms with Crippen LogP contribution in [0.25, 0.3) is 0 Å². The first-order valence-electron chi connectivity index (χ1n) is 4.81. The standard InChI is InChI=1S/C11H13NO4/c13-10(14)6-9(11(15)16)12-7-8-4-2-1-3-5-8/h1-5,9,12H,6-7H2,(H,13,14)(H,15,16). The largest absolute Gasteiger partial charge is 0.481 e. The fourth-order valence-corrected chi connectivity index (χ4v) is 1.26. The minimum atomic E-state index is -1.15. The highest BCUT2D eigenvalue weighted by Crippen LogP contribution is 2.00. The van der Waals surface area contributed by atoms with Gasteiger partial charge >= 0.3 is 11.9 Å². The van der Waals surface area contributed by atoms with Gasteiger partial charge in [-0.25, -0.2) is 0 Å². The molecule has 1 rings (SSSR count). The van der Waals surface area contributed by atoms with E-state index in [1.807, 2.05) is 30.3 Å². The molecule has 3 N–H and O–H groups in total. The van der Waals surface area contributed by atoms with Crippen LogP contribution in [0.5, 0.6) is 0 Å². The molecular weight excluding hydrogens is 210 g/mol. The fraction of sp³-hybridized carbons (Fsp3) is 0.273. The molecule has 0 spiro atoms. The number of carbonyl (C=O) groups is 2. The molecular formula is C11H13NO4. The highest BCUT2D eigenvalue weighted by atomic mass is 16.4. The van der Waals surface area contributed by atoms with Crippen molar-refractivity contribution < 1.29 is 19.8 Å². The maximum absolute atomic E-state index is 10.7. The molecule has 0 aromatic heterocycles. The third kappa shape index (κ3) is 4.10. The maximum Gasteiger partial charge on any atom is 0.321 e. The summed E-state index contributed by atoms with van der Waals surface area (Å²) >= 11 is 0. The molecule has 1 atom stereocenters. The quantitative estimate of drug-likeness (QED) is 0.661. The number of carboxylic acid groups (broad SMARTS) is 2. The van der Waals surface area contributed by atoms with Crippen LogP contribution in [-0.2, 0) is 16.1 Å². The Morgan fingerprint density at radius 3 is 2.31 bits per heavy atom. The van der Waals surface area contributed by atoms with Crippen LogP contribution in [0.3, 0.4) is 0 Å². The Hall–Kier alpha value is -1.88. The van der Waals surface area contributed by atoms with Gasteiger partial charge in [-0.15, -0.1) is 0 Å². The van der Waals surface area contributed by atoms with Crippen LogP contribution in [0, 0.1) is 0 Å². The molecule has 1 unspecified atom stereocenters. The van der Waals surface area contributed by atoms with E-state index in [-0.39, 0.29) is 0 Å². The molecule has 0 saturated heterocycles. The summed E-state index contributed by atoms with van der Waals surface area (Å²) in [5.74, 6) is -2.29. The van der Waals surface area contributed by atoms with Crippen LogP contribution in [0.4, 0.5) is 0 Å². The molecule has 0 amide bonds. The number of rotatable bonds is 6. The fourth-order valence-electron chi connectivity index (χ4n) is 1.26. The molecule has 0 aliphatic carbocycles. The second-order valence-electron chi connectivity index (χ2n) is 3.36. The van der Waals surface area contributed by atoms with E-state index in [4.69, 9.17) is 10.2 Å². The van der Waals surface area contributed by atoms with E-state index in [0.29, 0.717) is 6.54 Å². The van der Waals surface area contributed by atoms with Gasteiger partial charge in [-0.1, -0.05) is 30.3 Å². The van der Waals surface area contributed by atoms with Gasteiger partial charge in [-0.2, -0.15) is 0 Å². The van der Waals surface area contributed by atoms with E-state index in [9.17, 15) is 9.59 Å². The lowest BCUT2D eigenvalue weighted by Gasteiger charge is -2.11. The first-order chi connectivity index (χ1) is 7.59. The van der Waals surface area contributed by atoms with Crippen LogP contribution in [0.2, 0.25) is 0 Å². The molecule has 0 heterocycles. The van der Waals surface area contributed by atoms with Crippen molar-refractivity contribution >= 4 is 11.9 Å². The zero-order chi connectivity index (χ0) is 12.0. The third-order valence-electron chi connectivity index (χ3n) is 2.07. The minimum absolute atomic E-state index is 0.338. The molecule has 1 aromatic rings. The highest BCUT2D eigenvalue weighted by molar-refractivity contribution is 5.80. The molecule has 0 fully saturated rings. The smallest absolute Gasteiger partial charge is 0.321 e. The molecule has 0 saturated carbocycles. The van der Waals surface area contributed by atoms with Crippen molar-refractivity contribution in [1.29, 1.82) is 0 Å². The summed E-state index contributed by atoms with van der Waals surface area (Å²) in [6.07, 6.45) is -0.428. The van der Waals surface area contributed by atoms with Gasteiger partial charge in [0.1, 0.15) is 6.04 Å². The Kier molecular flexibility index (Phi) is 4.47. The van der Waals surface area contributed by atoms with Crippen LogP contribution >= 0.6 is 0 Å². The van der Waals surface area contributed by atoms with Crippen LogP contribution in [-0.4, -0.2) is 28.2 Å². The van der Waals surface area contributed by atoms with Gasteiger partial charge in [0.2, 0.25) is 0 Å². The number of benzene rings is 1. The minimum Gasteiger partial charge on any atom is -0.481 e. The van der Waals surface area contributed by atoms with Crippen molar-refractivity contribution in [3.63, 3.8) is 0 Å². The molecule has 86 valence electrons. The summed E-state index contributed by atoms with van der Waals surface area (Å²) in [5, 5.41) is 20.0. The summed E-state index contributed by atoms with van der Waals surface area (Å²) in [7, 11) is 0. The number of hydrogen-bond donors (Lipinski definition) is 3. The van der Waals surface area contributed by atoms with Crippen molar-refractivity contribution in [1.82, 2.24) is 5.32 Å². The molecule has 16 heavy (non-hydrogen) atoms. The van der Waals surface area contributed by atoms with E-state index in [2.05, 4.69) is 5.32 Å². The van der Waals surface area contributed by atoms with Gasteiger partial charge in [0.05, 0.1) is 6.42 Å². The molecule has 0 aliphatic heterocycles. The topological polar surface area (TPSA) is 86.6 Å². The first kappa shape index (κ1) is 12.2. The monoisotopic (exact) mass is 223 g/mol. The number of carboxylic acids is 2. The van der Waals surface area contributed by atoms with Gasteiger partial charge in [0.25, 0.3) is 0 Å². The van der Waals surface area contributed by atoms with E-state index < -0.39 is 24.4 Å². The average molecular weight is 223 g/mol. The van der Waals surface area contributed by atoms with E-state index in [1.54, 1.807) is 0 Å². The van der Waals surface area contributed by atoms with Crippen molar-refractivity contribution in [3.8, 4) is 0 Å². The molecule has 5 heteroatoms. The lowest BCUT2D eigenvalue weighted by atomic mass is 10.1. The van der Waals surface area contributed by atoms with Crippen molar-refractivity contribution in [2.45, 2.75) is 19.0 Å². The Morgan fingerprint density at radius 1 is 1.19 bits per heavy atom. The predicted molar refractivity (Wildman–Crippen MR) is 57.0 cm³/mol. The van der Waals surface area contributed by atoms with Gasteiger partial charge in [0, 0.05) is 6.54 Å². The lowest BCUT2D eigenvalue weighted by molar-refractivity contribution is -0.146. The molecule has 5 nitrogen and oxygen atoms in total. The third-order valence-corrected chi connectivity index (χ3v) is 2.07. The van der Waals surface area contributed by atoms with Crippen LogP contribution in [0.1, 0.15) is 12.0 Å². The summed E-state index contributed by atoms with van der Waals surface area (Å²) in [5.41, 5.74) is 0.916. The zero-order valence-corrected chi connectivity index (χ0v) is 8.59. The Morgan fingerprint density at radius 2 is 1.81 bits per heavy atom. The van der Waals surface area contributed by atoms with Gasteiger partial charge in [-0.05, 0) is 5.56 Å². The molecule has 0 aliphatic rings. The predicted octanol–water partition coefficient (Wildman–Crippen LogP) is 0.704. The molecule has 0 bridgehead atoms. The van der Waals surface area contributed by atoms with Gasteiger partial charge < -0.3 is 10.2 Å². The Labute approximate surface area is 92.7 Å². The SMILES string of the molecule is O=C(O)CC(NCc1ccccc1)C(=O)O. The maximum atomic E-state index is 10.7. The van der Waals surface area contributed by atoms with Crippen molar-refractivity contribution in [3.05, 3.63) is 35.9 Å². The van der Waals surface area contributed by atoms with E-state index >= 15 is 0 Å².